The lowest BCUT2D eigenvalue weighted by molar-refractivity contribution is -0.00545. The zero-order valence-electron chi connectivity index (χ0n) is 16.9. The monoisotopic (exact) mass is 393 g/mol. The Kier molecular flexibility index (Phi) is 4.93. The standard InChI is InChI=1S/C22H27N5O2/c1-15-6-7-18(29-15)13-26-11-16-9-21(22(28-2)10-17(16)12-26)27-14-20(24-25-27)19-5-3-4-8-23-19/h3-8,14,16-17,21-22H,9-13H2,1-2H3/t16-,17+,21-,22-/m1/s1. The van der Waals surface area contributed by atoms with E-state index in [2.05, 4.69) is 26.3 Å². The molecule has 3 aromatic rings. The van der Waals surface area contributed by atoms with E-state index in [1.165, 1.54) is 0 Å². The van der Waals surface area contributed by atoms with Crippen LogP contribution in [0, 0.1) is 18.8 Å². The Morgan fingerprint density at radius 1 is 1.10 bits per heavy atom. The van der Waals surface area contributed by atoms with Gasteiger partial charge < -0.3 is 9.15 Å². The molecule has 1 saturated heterocycles. The van der Waals surface area contributed by atoms with Crippen LogP contribution in [-0.2, 0) is 11.3 Å². The summed E-state index contributed by atoms with van der Waals surface area (Å²) in [6, 6.07) is 10.2. The third kappa shape index (κ3) is 3.72. The van der Waals surface area contributed by atoms with Crippen LogP contribution in [0.3, 0.4) is 0 Å². The van der Waals surface area contributed by atoms with E-state index in [1.807, 2.05) is 49.2 Å². The van der Waals surface area contributed by atoms with Crippen molar-refractivity contribution in [3.8, 4) is 11.4 Å². The number of hydrogen-bond donors (Lipinski definition) is 0. The molecule has 29 heavy (non-hydrogen) atoms. The molecule has 0 N–H and O–H groups in total. The minimum absolute atomic E-state index is 0.153. The van der Waals surface area contributed by atoms with Gasteiger partial charge in [-0.05, 0) is 55.9 Å². The van der Waals surface area contributed by atoms with Crippen molar-refractivity contribution in [3.05, 3.63) is 54.2 Å². The normalized spacial score (nSPS) is 27.2. The van der Waals surface area contributed by atoms with Crippen molar-refractivity contribution >= 4 is 0 Å². The van der Waals surface area contributed by atoms with E-state index in [0.717, 1.165) is 55.4 Å². The third-order valence-electron chi connectivity index (χ3n) is 6.42. The Balaban J connectivity index is 1.30. The highest BCUT2D eigenvalue weighted by Crippen LogP contribution is 2.42. The second-order valence-electron chi connectivity index (χ2n) is 8.34. The van der Waals surface area contributed by atoms with E-state index in [9.17, 15) is 0 Å². The number of ether oxygens (including phenoxy) is 1. The van der Waals surface area contributed by atoms with Crippen molar-refractivity contribution in [2.24, 2.45) is 11.8 Å². The molecule has 1 saturated carbocycles. The van der Waals surface area contributed by atoms with Crippen LogP contribution in [0.1, 0.15) is 30.4 Å². The summed E-state index contributed by atoms with van der Waals surface area (Å²) >= 11 is 0. The molecule has 4 atom stereocenters. The summed E-state index contributed by atoms with van der Waals surface area (Å²) in [7, 11) is 1.81. The fraction of sp³-hybridized carbons (Fsp3) is 0.500. The predicted octanol–water partition coefficient (Wildman–Crippen LogP) is 3.34. The molecular weight excluding hydrogens is 366 g/mol. The van der Waals surface area contributed by atoms with Crippen LogP contribution in [0.15, 0.2) is 47.1 Å². The zero-order valence-corrected chi connectivity index (χ0v) is 16.9. The maximum Gasteiger partial charge on any atom is 0.131 e. The number of likely N-dealkylation sites (tertiary alicyclic amines) is 1. The molecule has 152 valence electrons. The maximum atomic E-state index is 5.90. The van der Waals surface area contributed by atoms with Gasteiger partial charge in [-0.1, -0.05) is 11.3 Å². The highest BCUT2D eigenvalue weighted by Gasteiger charge is 2.43. The predicted molar refractivity (Wildman–Crippen MR) is 108 cm³/mol. The molecule has 0 spiro atoms. The topological polar surface area (TPSA) is 69.2 Å². The van der Waals surface area contributed by atoms with Crippen LogP contribution < -0.4 is 0 Å². The lowest BCUT2D eigenvalue weighted by Crippen LogP contribution is -2.37. The van der Waals surface area contributed by atoms with E-state index in [4.69, 9.17) is 9.15 Å². The van der Waals surface area contributed by atoms with Crippen molar-refractivity contribution in [1.29, 1.82) is 0 Å². The van der Waals surface area contributed by atoms with Gasteiger partial charge in [0.1, 0.15) is 17.2 Å². The van der Waals surface area contributed by atoms with Gasteiger partial charge in [0.05, 0.1) is 30.6 Å². The molecule has 0 bridgehead atoms. The average Bonchev–Trinajstić information content (AvgIpc) is 3.47. The fourth-order valence-corrected chi connectivity index (χ4v) is 5.01. The second kappa shape index (κ2) is 7.72. The molecule has 0 aromatic carbocycles. The molecule has 5 rings (SSSR count). The fourth-order valence-electron chi connectivity index (χ4n) is 5.01. The van der Waals surface area contributed by atoms with Gasteiger partial charge in [-0.15, -0.1) is 5.10 Å². The summed E-state index contributed by atoms with van der Waals surface area (Å²) in [5, 5.41) is 8.80. The van der Waals surface area contributed by atoms with Crippen molar-refractivity contribution in [3.63, 3.8) is 0 Å². The molecular formula is C22H27N5O2. The van der Waals surface area contributed by atoms with Crippen LogP contribution in [0.5, 0.6) is 0 Å². The first-order chi connectivity index (χ1) is 14.2. The first-order valence-corrected chi connectivity index (χ1v) is 10.3. The number of aromatic nitrogens is 4. The Labute approximate surface area is 170 Å². The highest BCUT2D eigenvalue weighted by molar-refractivity contribution is 5.51. The lowest BCUT2D eigenvalue weighted by atomic mass is 9.77. The summed E-state index contributed by atoms with van der Waals surface area (Å²) in [5.41, 5.74) is 1.66. The Bertz CT molecular complexity index is 953. The van der Waals surface area contributed by atoms with Crippen molar-refractivity contribution in [1.82, 2.24) is 24.9 Å². The van der Waals surface area contributed by atoms with Gasteiger partial charge in [0.2, 0.25) is 0 Å². The van der Waals surface area contributed by atoms with Gasteiger partial charge in [0.25, 0.3) is 0 Å². The van der Waals surface area contributed by atoms with E-state index < -0.39 is 0 Å². The molecule has 2 fully saturated rings. The number of furan rings is 1. The van der Waals surface area contributed by atoms with Crippen LogP contribution in [0.2, 0.25) is 0 Å². The Morgan fingerprint density at radius 2 is 1.97 bits per heavy atom. The van der Waals surface area contributed by atoms with Gasteiger partial charge in [0, 0.05) is 26.4 Å². The summed E-state index contributed by atoms with van der Waals surface area (Å²) in [6.45, 7) is 5.08. The summed E-state index contributed by atoms with van der Waals surface area (Å²) in [5.74, 6) is 3.33. The first kappa shape index (κ1) is 18.5. The minimum Gasteiger partial charge on any atom is -0.465 e. The second-order valence-corrected chi connectivity index (χ2v) is 8.34. The maximum absolute atomic E-state index is 5.90. The smallest absolute Gasteiger partial charge is 0.131 e. The van der Waals surface area contributed by atoms with Gasteiger partial charge >= 0.3 is 0 Å². The van der Waals surface area contributed by atoms with Gasteiger partial charge in [-0.25, -0.2) is 4.68 Å². The molecule has 1 aliphatic heterocycles. The summed E-state index contributed by atoms with van der Waals surface area (Å²) < 4.78 is 13.7. The van der Waals surface area contributed by atoms with Crippen LogP contribution >= 0.6 is 0 Å². The molecule has 2 aliphatic rings. The molecule has 4 heterocycles. The Morgan fingerprint density at radius 3 is 2.69 bits per heavy atom. The van der Waals surface area contributed by atoms with E-state index in [-0.39, 0.29) is 12.1 Å². The molecule has 0 amide bonds. The molecule has 7 nitrogen and oxygen atoms in total. The number of fused-ring (bicyclic) bond motifs is 1. The van der Waals surface area contributed by atoms with Gasteiger partial charge in [0.15, 0.2) is 0 Å². The van der Waals surface area contributed by atoms with Crippen molar-refractivity contribution in [2.75, 3.05) is 20.2 Å². The molecule has 0 radical (unpaired) electrons. The summed E-state index contributed by atoms with van der Waals surface area (Å²) in [4.78, 5) is 6.91. The number of aryl methyl sites for hydroxylation is 1. The van der Waals surface area contributed by atoms with Gasteiger partial charge in [-0.2, -0.15) is 0 Å². The molecule has 1 aliphatic carbocycles. The SMILES string of the molecule is CO[C@@H]1C[C@H]2CN(Cc3ccc(C)o3)C[C@H]2C[C@H]1n1cc(-c2ccccn2)nn1. The summed E-state index contributed by atoms with van der Waals surface area (Å²) in [6.07, 6.45) is 6.06. The van der Waals surface area contributed by atoms with Gasteiger partial charge in [-0.3, -0.25) is 9.88 Å². The van der Waals surface area contributed by atoms with E-state index in [0.29, 0.717) is 11.8 Å². The van der Waals surface area contributed by atoms with Crippen molar-refractivity contribution < 1.29 is 9.15 Å². The highest BCUT2D eigenvalue weighted by atomic mass is 16.5. The first-order valence-electron chi connectivity index (χ1n) is 10.3. The Hall–Kier alpha value is -2.51. The number of nitrogens with zero attached hydrogens (tertiary/aromatic N) is 5. The molecule has 7 heteroatoms. The van der Waals surface area contributed by atoms with Crippen LogP contribution in [0.25, 0.3) is 11.4 Å². The zero-order chi connectivity index (χ0) is 19.8. The van der Waals surface area contributed by atoms with Crippen molar-refractivity contribution in [2.45, 2.75) is 38.5 Å². The lowest BCUT2D eigenvalue weighted by Gasteiger charge is -2.37. The number of pyridine rings is 1. The van der Waals surface area contributed by atoms with Crippen LogP contribution in [-0.4, -0.2) is 51.2 Å². The quantitative estimate of drug-likeness (QED) is 0.662. The molecule has 3 aromatic heterocycles. The van der Waals surface area contributed by atoms with E-state index in [1.54, 1.807) is 6.20 Å². The molecule has 0 unspecified atom stereocenters. The minimum atomic E-state index is 0.153. The van der Waals surface area contributed by atoms with Crippen LogP contribution in [0.4, 0.5) is 0 Å². The van der Waals surface area contributed by atoms with E-state index >= 15 is 0 Å². The largest absolute Gasteiger partial charge is 0.465 e. The number of hydrogen-bond acceptors (Lipinski definition) is 6. The number of rotatable bonds is 5. The average molecular weight is 393 g/mol. The third-order valence-corrected chi connectivity index (χ3v) is 6.42. The number of methoxy groups -OCH3 is 1.